The summed E-state index contributed by atoms with van der Waals surface area (Å²) in [6.07, 6.45) is 2.59. The SMILES string of the molecule is Cc1[nH]c(-c2ccc(C(C)C)cc2)nc1/C=C/C(=O)O. The van der Waals surface area contributed by atoms with Crippen LogP contribution in [0.15, 0.2) is 30.3 Å². The van der Waals surface area contributed by atoms with Gasteiger partial charge in [0.25, 0.3) is 0 Å². The number of aliphatic carboxylic acids is 1. The number of carboxylic acid groups (broad SMARTS) is 1. The molecule has 0 bridgehead atoms. The first kappa shape index (κ1) is 14.1. The monoisotopic (exact) mass is 270 g/mol. The van der Waals surface area contributed by atoms with E-state index in [2.05, 4.69) is 35.9 Å². The summed E-state index contributed by atoms with van der Waals surface area (Å²) < 4.78 is 0. The first-order chi connectivity index (χ1) is 9.47. The lowest BCUT2D eigenvalue weighted by molar-refractivity contribution is -0.131. The number of carboxylic acids is 1. The molecule has 4 nitrogen and oxygen atoms in total. The number of rotatable bonds is 4. The van der Waals surface area contributed by atoms with E-state index < -0.39 is 5.97 Å². The maximum absolute atomic E-state index is 10.5. The number of nitrogens with zero attached hydrogens (tertiary/aromatic N) is 1. The molecule has 1 aromatic heterocycles. The van der Waals surface area contributed by atoms with Gasteiger partial charge in [0.05, 0.1) is 5.69 Å². The van der Waals surface area contributed by atoms with E-state index in [-0.39, 0.29) is 0 Å². The van der Waals surface area contributed by atoms with Crippen LogP contribution in [0.25, 0.3) is 17.5 Å². The minimum absolute atomic E-state index is 0.497. The normalized spacial score (nSPS) is 11.4. The molecule has 4 heteroatoms. The summed E-state index contributed by atoms with van der Waals surface area (Å²) in [5.74, 6) is 0.273. The molecule has 1 aromatic carbocycles. The molecular weight excluding hydrogens is 252 g/mol. The first-order valence-corrected chi connectivity index (χ1v) is 6.55. The summed E-state index contributed by atoms with van der Waals surface area (Å²) in [6.45, 7) is 6.18. The van der Waals surface area contributed by atoms with Crippen molar-refractivity contribution in [2.45, 2.75) is 26.7 Å². The molecule has 0 aliphatic rings. The van der Waals surface area contributed by atoms with Crippen molar-refractivity contribution in [3.63, 3.8) is 0 Å². The van der Waals surface area contributed by atoms with Gasteiger partial charge in [0.15, 0.2) is 0 Å². The minimum atomic E-state index is -0.977. The largest absolute Gasteiger partial charge is 0.478 e. The number of carbonyl (C=O) groups is 1. The second-order valence-electron chi connectivity index (χ2n) is 5.04. The molecule has 0 aliphatic carbocycles. The van der Waals surface area contributed by atoms with Crippen molar-refractivity contribution >= 4 is 12.0 Å². The Balaban J connectivity index is 2.29. The number of hydrogen-bond acceptors (Lipinski definition) is 2. The van der Waals surface area contributed by atoms with Gasteiger partial charge < -0.3 is 10.1 Å². The highest BCUT2D eigenvalue weighted by Gasteiger charge is 2.07. The third kappa shape index (κ3) is 3.15. The summed E-state index contributed by atoms with van der Waals surface area (Å²) in [5, 5.41) is 8.65. The Kier molecular flexibility index (Phi) is 4.03. The third-order valence-corrected chi connectivity index (χ3v) is 3.16. The Morgan fingerprint density at radius 2 is 1.95 bits per heavy atom. The van der Waals surface area contributed by atoms with Crippen LogP contribution in [0.3, 0.4) is 0 Å². The smallest absolute Gasteiger partial charge is 0.328 e. The molecule has 0 radical (unpaired) electrons. The van der Waals surface area contributed by atoms with Gasteiger partial charge in [-0.05, 0) is 24.5 Å². The number of nitrogens with one attached hydrogen (secondary N) is 1. The Morgan fingerprint density at radius 3 is 2.50 bits per heavy atom. The number of H-pyrrole nitrogens is 1. The molecule has 0 spiro atoms. The van der Waals surface area contributed by atoms with Crippen molar-refractivity contribution in [1.29, 1.82) is 0 Å². The van der Waals surface area contributed by atoms with Gasteiger partial charge in [0, 0.05) is 17.3 Å². The Bertz CT molecular complexity index is 637. The van der Waals surface area contributed by atoms with E-state index in [0.29, 0.717) is 11.6 Å². The Labute approximate surface area is 118 Å². The predicted octanol–water partition coefficient (Wildman–Crippen LogP) is 3.61. The maximum Gasteiger partial charge on any atom is 0.328 e. The molecule has 0 amide bonds. The van der Waals surface area contributed by atoms with Crippen LogP contribution < -0.4 is 0 Å². The van der Waals surface area contributed by atoms with Crippen molar-refractivity contribution in [2.24, 2.45) is 0 Å². The highest BCUT2D eigenvalue weighted by atomic mass is 16.4. The Morgan fingerprint density at radius 1 is 1.30 bits per heavy atom. The van der Waals surface area contributed by atoms with Crippen molar-refractivity contribution in [3.05, 3.63) is 47.3 Å². The lowest BCUT2D eigenvalue weighted by atomic mass is 10.0. The molecule has 0 aliphatic heterocycles. The van der Waals surface area contributed by atoms with Crippen LogP contribution in [0, 0.1) is 6.92 Å². The van der Waals surface area contributed by atoms with Crippen LogP contribution in [-0.2, 0) is 4.79 Å². The van der Waals surface area contributed by atoms with Gasteiger partial charge in [0.2, 0.25) is 0 Å². The number of aromatic nitrogens is 2. The lowest BCUT2D eigenvalue weighted by Crippen LogP contribution is -1.88. The van der Waals surface area contributed by atoms with Gasteiger partial charge in [-0.15, -0.1) is 0 Å². The molecule has 2 aromatic rings. The number of hydrogen-bond donors (Lipinski definition) is 2. The summed E-state index contributed by atoms with van der Waals surface area (Å²) >= 11 is 0. The quantitative estimate of drug-likeness (QED) is 0.834. The van der Waals surface area contributed by atoms with Gasteiger partial charge >= 0.3 is 5.97 Å². The predicted molar refractivity (Wildman–Crippen MR) is 79.5 cm³/mol. The van der Waals surface area contributed by atoms with Gasteiger partial charge in [0.1, 0.15) is 5.82 Å². The molecule has 104 valence electrons. The van der Waals surface area contributed by atoms with Gasteiger partial charge in [-0.25, -0.2) is 9.78 Å². The zero-order valence-electron chi connectivity index (χ0n) is 11.8. The summed E-state index contributed by atoms with van der Waals surface area (Å²) in [6, 6.07) is 8.23. The van der Waals surface area contributed by atoms with Gasteiger partial charge in [-0.1, -0.05) is 38.1 Å². The number of aromatic amines is 1. The maximum atomic E-state index is 10.5. The average molecular weight is 270 g/mol. The third-order valence-electron chi connectivity index (χ3n) is 3.16. The number of imidazole rings is 1. The zero-order valence-corrected chi connectivity index (χ0v) is 11.8. The van der Waals surface area contributed by atoms with E-state index in [4.69, 9.17) is 5.11 Å². The molecular formula is C16H18N2O2. The topological polar surface area (TPSA) is 66.0 Å². The highest BCUT2D eigenvalue weighted by molar-refractivity contribution is 5.85. The zero-order chi connectivity index (χ0) is 14.7. The summed E-state index contributed by atoms with van der Waals surface area (Å²) in [4.78, 5) is 18.1. The average Bonchev–Trinajstić information content (AvgIpc) is 2.78. The van der Waals surface area contributed by atoms with E-state index >= 15 is 0 Å². The standard InChI is InChI=1S/C16H18N2O2/c1-10(2)12-4-6-13(7-5-12)16-17-11(3)14(18-16)8-9-15(19)20/h4-10H,1-3H3,(H,17,18)(H,19,20)/b9-8+. The Hall–Kier alpha value is -2.36. The fourth-order valence-electron chi connectivity index (χ4n) is 1.95. The van der Waals surface area contributed by atoms with E-state index in [9.17, 15) is 4.79 Å². The molecule has 0 saturated heterocycles. The highest BCUT2D eigenvalue weighted by Crippen LogP contribution is 2.22. The van der Waals surface area contributed by atoms with Crippen LogP contribution in [0.1, 0.15) is 36.7 Å². The summed E-state index contributed by atoms with van der Waals surface area (Å²) in [7, 11) is 0. The lowest BCUT2D eigenvalue weighted by Gasteiger charge is -2.05. The van der Waals surface area contributed by atoms with Crippen LogP contribution >= 0.6 is 0 Å². The van der Waals surface area contributed by atoms with Crippen molar-refractivity contribution in [1.82, 2.24) is 9.97 Å². The minimum Gasteiger partial charge on any atom is -0.478 e. The van der Waals surface area contributed by atoms with Crippen molar-refractivity contribution in [2.75, 3.05) is 0 Å². The molecule has 1 heterocycles. The van der Waals surface area contributed by atoms with Gasteiger partial charge in [-0.2, -0.15) is 0 Å². The second-order valence-corrected chi connectivity index (χ2v) is 5.04. The van der Waals surface area contributed by atoms with Crippen molar-refractivity contribution < 1.29 is 9.90 Å². The van der Waals surface area contributed by atoms with Crippen LogP contribution in [0.4, 0.5) is 0 Å². The molecule has 0 saturated carbocycles. The first-order valence-electron chi connectivity index (χ1n) is 6.55. The molecule has 20 heavy (non-hydrogen) atoms. The van der Waals surface area contributed by atoms with Gasteiger partial charge in [-0.3, -0.25) is 0 Å². The van der Waals surface area contributed by atoms with Crippen LogP contribution in [-0.4, -0.2) is 21.0 Å². The van der Waals surface area contributed by atoms with E-state index in [1.54, 1.807) is 0 Å². The molecule has 2 rings (SSSR count). The van der Waals surface area contributed by atoms with E-state index in [1.807, 2.05) is 19.1 Å². The fraction of sp³-hybridized carbons (Fsp3) is 0.250. The van der Waals surface area contributed by atoms with Crippen LogP contribution in [0.2, 0.25) is 0 Å². The fourth-order valence-corrected chi connectivity index (χ4v) is 1.95. The number of benzene rings is 1. The van der Waals surface area contributed by atoms with E-state index in [0.717, 1.165) is 23.2 Å². The molecule has 0 unspecified atom stereocenters. The van der Waals surface area contributed by atoms with Crippen molar-refractivity contribution in [3.8, 4) is 11.4 Å². The number of aryl methyl sites for hydroxylation is 1. The van der Waals surface area contributed by atoms with Crippen LogP contribution in [0.5, 0.6) is 0 Å². The summed E-state index contributed by atoms with van der Waals surface area (Å²) in [5.41, 5.74) is 3.77. The second kappa shape index (κ2) is 5.74. The van der Waals surface area contributed by atoms with E-state index in [1.165, 1.54) is 11.6 Å². The molecule has 2 N–H and O–H groups in total. The molecule has 0 fully saturated rings. The molecule has 0 atom stereocenters.